The minimum Gasteiger partial charge on any atom is -0.354 e. The normalized spacial score (nSPS) is 12.1. The van der Waals surface area contributed by atoms with Crippen LogP contribution in [-0.2, 0) is 6.42 Å². The Kier molecular flexibility index (Phi) is 3.23. The first kappa shape index (κ1) is 14.6. The van der Waals surface area contributed by atoms with Crippen molar-refractivity contribution >= 4 is 33.6 Å². The Morgan fingerprint density at radius 1 is 1.25 bits per heavy atom. The van der Waals surface area contributed by atoms with Gasteiger partial charge < -0.3 is 9.84 Å². The highest BCUT2D eigenvalue weighted by molar-refractivity contribution is 5.89. The van der Waals surface area contributed by atoms with Gasteiger partial charge in [0.1, 0.15) is 11.2 Å². The van der Waals surface area contributed by atoms with Crippen LogP contribution in [0.1, 0.15) is 26.5 Å². The van der Waals surface area contributed by atoms with Gasteiger partial charge in [0.15, 0.2) is 17.0 Å². The average molecular weight is 322 g/mol. The second-order valence-corrected chi connectivity index (χ2v) is 7.03. The molecule has 7 heteroatoms. The summed E-state index contributed by atoms with van der Waals surface area (Å²) in [5.74, 6) is 0.702. The molecule has 24 heavy (non-hydrogen) atoms. The van der Waals surface area contributed by atoms with Gasteiger partial charge in [0.2, 0.25) is 0 Å². The lowest BCUT2D eigenvalue weighted by molar-refractivity contribution is 0.382. The summed E-state index contributed by atoms with van der Waals surface area (Å²) in [6.07, 6.45) is 4.31. The van der Waals surface area contributed by atoms with Gasteiger partial charge in [0.25, 0.3) is 0 Å². The van der Waals surface area contributed by atoms with Gasteiger partial charge in [-0.25, -0.2) is 9.97 Å². The molecule has 0 atom stereocenters. The highest BCUT2D eigenvalue weighted by atomic mass is 16.5. The van der Waals surface area contributed by atoms with Crippen LogP contribution >= 0.6 is 0 Å². The number of fused-ring (bicyclic) bond motifs is 2. The SMILES string of the molecule is CC(C)(C)Cc1noc2cc(Nc3n[nH]c4ncccc34)cnc12. The van der Waals surface area contributed by atoms with Gasteiger partial charge in [0, 0.05) is 18.7 Å². The van der Waals surface area contributed by atoms with Crippen LogP contribution in [0.3, 0.4) is 0 Å². The molecule has 122 valence electrons. The number of H-pyrrole nitrogens is 1. The number of hydrogen-bond acceptors (Lipinski definition) is 6. The summed E-state index contributed by atoms with van der Waals surface area (Å²) in [4.78, 5) is 8.74. The van der Waals surface area contributed by atoms with Crippen LogP contribution in [-0.4, -0.2) is 25.3 Å². The Balaban J connectivity index is 1.66. The quantitative estimate of drug-likeness (QED) is 0.595. The second kappa shape index (κ2) is 5.30. The summed E-state index contributed by atoms with van der Waals surface area (Å²) in [6.45, 7) is 6.50. The standard InChI is InChI=1S/C17H18N6O/c1-17(2,3)8-12-14-13(24-23-12)7-10(9-19-14)20-16-11-5-4-6-18-15(11)21-22-16/h4-7,9H,8H2,1-3H3,(H2,18,20,21,22). The van der Waals surface area contributed by atoms with E-state index in [1.807, 2.05) is 18.2 Å². The molecule has 0 aliphatic heterocycles. The van der Waals surface area contributed by atoms with E-state index < -0.39 is 0 Å². The zero-order valence-electron chi connectivity index (χ0n) is 13.8. The minimum atomic E-state index is 0.128. The van der Waals surface area contributed by atoms with E-state index in [1.165, 1.54) is 0 Å². The van der Waals surface area contributed by atoms with Crippen molar-refractivity contribution in [3.8, 4) is 0 Å². The molecule has 4 aromatic rings. The minimum absolute atomic E-state index is 0.128. The molecule has 0 aliphatic carbocycles. The molecule has 4 aromatic heterocycles. The van der Waals surface area contributed by atoms with Gasteiger partial charge in [-0.15, -0.1) is 0 Å². The Morgan fingerprint density at radius 2 is 2.12 bits per heavy atom. The molecule has 4 heterocycles. The maximum absolute atomic E-state index is 5.45. The van der Waals surface area contributed by atoms with E-state index in [4.69, 9.17) is 4.52 Å². The van der Waals surface area contributed by atoms with E-state index in [-0.39, 0.29) is 5.41 Å². The Morgan fingerprint density at radius 3 is 2.96 bits per heavy atom. The third kappa shape index (κ3) is 2.68. The van der Waals surface area contributed by atoms with Gasteiger partial charge in [-0.2, -0.15) is 5.10 Å². The van der Waals surface area contributed by atoms with E-state index >= 15 is 0 Å². The van der Waals surface area contributed by atoms with Crippen LogP contribution in [0.15, 0.2) is 35.1 Å². The van der Waals surface area contributed by atoms with Gasteiger partial charge in [-0.1, -0.05) is 25.9 Å². The van der Waals surface area contributed by atoms with Crippen molar-refractivity contribution in [1.82, 2.24) is 25.3 Å². The van der Waals surface area contributed by atoms with Crippen LogP contribution in [0.5, 0.6) is 0 Å². The maximum atomic E-state index is 5.45. The van der Waals surface area contributed by atoms with E-state index in [1.54, 1.807) is 12.4 Å². The summed E-state index contributed by atoms with van der Waals surface area (Å²) < 4.78 is 5.45. The summed E-state index contributed by atoms with van der Waals surface area (Å²) >= 11 is 0. The summed E-state index contributed by atoms with van der Waals surface area (Å²) in [6, 6.07) is 5.72. The monoisotopic (exact) mass is 322 g/mol. The molecule has 2 N–H and O–H groups in total. The smallest absolute Gasteiger partial charge is 0.187 e. The van der Waals surface area contributed by atoms with Crippen molar-refractivity contribution in [2.75, 3.05) is 5.32 Å². The van der Waals surface area contributed by atoms with Crippen molar-refractivity contribution in [3.05, 3.63) is 36.3 Å². The average Bonchev–Trinajstić information content (AvgIpc) is 3.11. The van der Waals surface area contributed by atoms with Gasteiger partial charge >= 0.3 is 0 Å². The lowest BCUT2D eigenvalue weighted by atomic mass is 9.90. The molecular weight excluding hydrogens is 304 g/mol. The number of pyridine rings is 2. The fraction of sp³-hybridized carbons (Fsp3) is 0.294. The van der Waals surface area contributed by atoms with E-state index in [2.05, 4.69) is 51.4 Å². The van der Waals surface area contributed by atoms with Crippen LogP contribution in [0, 0.1) is 5.41 Å². The highest BCUT2D eigenvalue weighted by Gasteiger charge is 2.18. The number of aromatic nitrogens is 5. The molecule has 0 fully saturated rings. The lowest BCUT2D eigenvalue weighted by Crippen LogP contribution is -2.09. The summed E-state index contributed by atoms with van der Waals surface area (Å²) in [5, 5.41) is 15.5. The zero-order chi connectivity index (χ0) is 16.7. The molecule has 0 aliphatic rings. The fourth-order valence-corrected chi connectivity index (χ4v) is 2.65. The van der Waals surface area contributed by atoms with E-state index in [9.17, 15) is 0 Å². The molecule has 0 saturated carbocycles. The van der Waals surface area contributed by atoms with Crippen LogP contribution in [0.25, 0.3) is 22.1 Å². The third-order valence-corrected chi connectivity index (χ3v) is 3.68. The third-order valence-electron chi connectivity index (χ3n) is 3.68. The number of nitrogens with zero attached hydrogens (tertiary/aromatic N) is 4. The van der Waals surface area contributed by atoms with Crippen molar-refractivity contribution in [2.24, 2.45) is 5.41 Å². The molecule has 0 aromatic carbocycles. The molecule has 0 unspecified atom stereocenters. The Labute approximate surface area is 138 Å². The topological polar surface area (TPSA) is 92.5 Å². The van der Waals surface area contributed by atoms with Gasteiger partial charge in [-0.05, 0) is 17.5 Å². The summed E-state index contributed by atoms with van der Waals surface area (Å²) in [7, 11) is 0. The van der Waals surface area contributed by atoms with E-state index in [0.29, 0.717) is 11.4 Å². The highest BCUT2D eigenvalue weighted by Crippen LogP contribution is 2.28. The van der Waals surface area contributed by atoms with Crippen molar-refractivity contribution in [3.63, 3.8) is 0 Å². The fourth-order valence-electron chi connectivity index (χ4n) is 2.65. The number of anilines is 2. The molecule has 7 nitrogen and oxygen atoms in total. The molecule has 0 radical (unpaired) electrons. The molecule has 0 amide bonds. The zero-order valence-corrected chi connectivity index (χ0v) is 13.8. The van der Waals surface area contributed by atoms with Crippen LogP contribution in [0.2, 0.25) is 0 Å². The largest absolute Gasteiger partial charge is 0.354 e. The number of hydrogen-bond donors (Lipinski definition) is 2. The first-order valence-corrected chi connectivity index (χ1v) is 7.80. The van der Waals surface area contributed by atoms with Crippen molar-refractivity contribution in [1.29, 1.82) is 0 Å². The number of aromatic amines is 1. The molecular formula is C17H18N6O. The lowest BCUT2D eigenvalue weighted by Gasteiger charge is -2.15. The number of rotatable bonds is 3. The van der Waals surface area contributed by atoms with Gasteiger partial charge in [0.05, 0.1) is 17.3 Å². The van der Waals surface area contributed by atoms with Crippen LogP contribution < -0.4 is 5.32 Å². The first-order valence-electron chi connectivity index (χ1n) is 7.80. The molecule has 0 bridgehead atoms. The second-order valence-electron chi connectivity index (χ2n) is 7.03. The van der Waals surface area contributed by atoms with Gasteiger partial charge in [-0.3, -0.25) is 5.10 Å². The van der Waals surface area contributed by atoms with Crippen molar-refractivity contribution in [2.45, 2.75) is 27.2 Å². The molecule has 0 spiro atoms. The maximum Gasteiger partial charge on any atom is 0.187 e. The van der Waals surface area contributed by atoms with Crippen molar-refractivity contribution < 1.29 is 4.52 Å². The predicted molar refractivity (Wildman–Crippen MR) is 92.1 cm³/mol. The Hall–Kier alpha value is -2.96. The summed E-state index contributed by atoms with van der Waals surface area (Å²) in [5.41, 5.74) is 4.02. The first-order chi connectivity index (χ1) is 11.5. The van der Waals surface area contributed by atoms with E-state index in [0.717, 1.165) is 34.4 Å². The Bertz CT molecular complexity index is 1010. The number of nitrogens with one attached hydrogen (secondary N) is 2. The van der Waals surface area contributed by atoms with Crippen LogP contribution in [0.4, 0.5) is 11.5 Å². The predicted octanol–water partition coefficient (Wildman–Crippen LogP) is 3.83. The molecule has 0 saturated heterocycles. The molecule has 4 rings (SSSR count).